The number of rotatable bonds is 7. The minimum Gasteiger partial charge on any atom is -0.394 e. The summed E-state index contributed by atoms with van der Waals surface area (Å²) in [6, 6.07) is 0. The van der Waals surface area contributed by atoms with Crippen molar-refractivity contribution in [2.75, 3.05) is 33.0 Å². The zero-order chi connectivity index (χ0) is 8.86. The second-order valence-electron chi connectivity index (χ2n) is 3.20. The Morgan fingerprint density at radius 1 is 1.25 bits per heavy atom. The van der Waals surface area contributed by atoms with Gasteiger partial charge in [0, 0.05) is 12.1 Å². The van der Waals surface area contributed by atoms with Gasteiger partial charge in [-0.1, -0.05) is 0 Å². The van der Waals surface area contributed by atoms with Gasteiger partial charge in [0.1, 0.15) is 0 Å². The molecular weight excluding hydrogens is 158 g/mol. The fourth-order valence-electron chi connectivity index (χ4n) is 1.10. The zero-order valence-corrected chi connectivity index (χ0v) is 7.25. The number of aliphatic hydroxyl groups is 2. The van der Waals surface area contributed by atoms with Crippen LogP contribution in [0.2, 0.25) is 0 Å². The first-order valence-electron chi connectivity index (χ1n) is 4.37. The molecule has 12 heavy (non-hydrogen) atoms. The first-order valence-corrected chi connectivity index (χ1v) is 4.37. The molecule has 1 aliphatic rings. The molecule has 0 unspecified atom stereocenters. The molecule has 0 amide bonds. The van der Waals surface area contributed by atoms with E-state index in [-0.39, 0.29) is 18.8 Å². The smallest absolute Gasteiger partial charge is 0.0698 e. The molecule has 0 heterocycles. The quantitative estimate of drug-likeness (QED) is 0.439. The van der Waals surface area contributed by atoms with Crippen molar-refractivity contribution in [3.05, 3.63) is 0 Å². The maximum absolute atomic E-state index is 8.92. The van der Waals surface area contributed by atoms with E-state index in [1.165, 1.54) is 0 Å². The summed E-state index contributed by atoms with van der Waals surface area (Å²) in [7, 11) is 0. The van der Waals surface area contributed by atoms with Gasteiger partial charge in [-0.2, -0.15) is 0 Å². The number of hydrogen-bond acceptors (Lipinski definition) is 4. The second-order valence-corrected chi connectivity index (χ2v) is 3.20. The summed E-state index contributed by atoms with van der Waals surface area (Å²) in [5.41, 5.74) is 0.00255. The Bertz CT molecular complexity index is 125. The number of aliphatic hydroxyl groups excluding tert-OH is 2. The highest BCUT2D eigenvalue weighted by atomic mass is 16.5. The maximum Gasteiger partial charge on any atom is 0.0698 e. The molecule has 4 nitrogen and oxygen atoms in total. The van der Waals surface area contributed by atoms with Crippen molar-refractivity contribution in [3.63, 3.8) is 0 Å². The van der Waals surface area contributed by atoms with E-state index in [0.29, 0.717) is 13.2 Å². The molecule has 0 radical (unpaired) electrons. The molecule has 1 rings (SSSR count). The van der Waals surface area contributed by atoms with Crippen LogP contribution in [-0.2, 0) is 4.74 Å². The molecule has 0 aromatic heterocycles. The number of nitrogens with one attached hydrogen (secondary N) is 1. The molecule has 0 spiro atoms. The Morgan fingerprint density at radius 2 is 2.00 bits per heavy atom. The van der Waals surface area contributed by atoms with E-state index >= 15 is 0 Å². The zero-order valence-electron chi connectivity index (χ0n) is 7.25. The average molecular weight is 175 g/mol. The van der Waals surface area contributed by atoms with Gasteiger partial charge >= 0.3 is 0 Å². The van der Waals surface area contributed by atoms with Crippen LogP contribution < -0.4 is 5.32 Å². The van der Waals surface area contributed by atoms with Crippen molar-refractivity contribution < 1.29 is 14.9 Å². The van der Waals surface area contributed by atoms with E-state index in [2.05, 4.69) is 5.32 Å². The lowest BCUT2D eigenvalue weighted by molar-refractivity contribution is 0.0900. The van der Waals surface area contributed by atoms with Gasteiger partial charge in [0.15, 0.2) is 0 Å². The lowest BCUT2D eigenvalue weighted by Crippen LogP contribution is -2.37. The SMILES string of the molecule is OCCOCCNC1(CO)CC1. The third-order valence-corrected chi connectivity index (χ3v) is 2.14. The number of hydrogen-bond donors (Lipinski definition) is 3. The van der Waals surface area contributed by atoms with Crippen molar-refractivity contribution in [1.82, 2.24) is 5.32 Å². The predicted octanol–water partition coefficient (Wildman–Crippen LogP) is -0.890. The summed E-state index contributed by atoms with van der Waals surface area (Å²) in [6.07, 6.45) is 2.12. The lowest BCUT2D eigenvalue weighted by Gasteiger charge is -2.13. The summed E-state index contributed by atoms with van der Waals surface area (Å²) >= 11 is 0. The molecule has 3 N–H and O–H groups in total. The molecule has 4 heteroatoms. The minimum atomic E-state index is 0.00255. The van der Waals surface area contributed by atoms with Crippen LogP contribution >= 0.6 is 0 Å². The van der Waals surface area contributed by atoms with Gasteiger partial charge in [-0.3, -0.25) is 0 Å². The first kappa shape index (κ1) is 9.92. The maximum atomic E-state index is 8.92. The molecule has 0 aliphatic heterocycles. The van der Waals surface area contributed by atoms with E-state index in [1.807, 2.05) is 0 Å². The molecule has 0 bridgehead atoms. The Hall–Kier alpha value is -0.160. The van der Waals surface area contributed by atoms with Crippen molar-refractivity contribution in [2.45, 2.75) is 18.4 Å². The van der Waals surface area contributed by atoms with Gasteiger partial charge < -0.3 is 20.3 Å². The fraction of sp³-hybridized carbons (Fsp3) is 1.00. The molecule has 0 aromatic rings. The van der Waals surface area contributed by atoms with Crippen LogP contribution in [0, 0.1) is 0 Å². The van der Waals surface area contributed by atoms with Crippen molar-refractivity contribution in [2.24, 2.45) is 0 Å². The van der Waals surface area contributed by atoms with Gasteiger partial charge in [-0.15, -0.1) is 0 Å². The second kappa shape index (κ2) is 4.77. The first-order chi connectivity index (χ1) is 5.83. The highest BCUT2D eigenvalue weighted by Crippen LogP contribution is 2.34. The highest BCUT2D eigenvalue weighted by molar-refractivity contribution is 5.01. The Labute approximate surface area is 72.5 Å². The van der Waals surface area contributed by atoms with Gasteiger partial charge in [0.05, 0.1) is 26.4 Å². The minimum absolute atomic E-state index is 0.00255. The monoisotopic (exact) mass is 175 g/mol. The Balaban J connectivity index is 1.89. The van der Waals surface area contributed by atoms with Gasteiger partial charge in [0.25, 0.3) is 0 Å². The van der Waals surface area contributed by atoms with Gasteiger partial charge in [-0.05, 0) is 12.8 Å². The topological polar surface area (TPSA) is 61.7 Å². The molecule has 0 atom stereocenters. The number of ether oxygens (including phenoxy) is 1. The van der Waals surface area contributed by atoms with E-state index < -0.39 is 0 Å². The van der Waals surface area contributed by atoms with Crippen molar-refractivity contribution in [3.8, 4) is 0 Å². The van der Waals surface area contributed by atoms with Crippen LogP contribution in [0.3, 0.4) is 0 Å². The fourth-order valence-corrected chi connectivity index (χ4v) is 1.10. The van der Waals surface area contributed by atoms with Crippen molar-refractivity contribution in [1.29, 1.82) is 0 Å². The molecular formula is C8H17NO3. The van der Waals surface area contributed by atoms with Crippen LogP contribution in [0.1, 0.15) is 12.8 Å². The third-order valence-electron chi connectivity index (χ3n) is 2.14. The highest BCUT2D eigenvalue weighted by Gasteiger charge is 2.41. The summed E-state index contributed by atoms with van der Waals surface area (Å²) < 4.78 is 5.06. The molecule has 1 fully saturated rings. The lowest BCUT2D eigenvalue weighted by atomic mass is 10.3. The third kappa shape index (κ3) is 3.06. The van der Waals surface area contributed by atoms with E-state index in [0.717, 1.165) is 19.4 Å². The van der Waals surface area contributed by atoms with Crippen LogP contribution in [0.15, 0.2) is 0 Å². The molecule has 1 aliphatic carbocycles. The Morgan fingerprint density at radius 3 is 2.50 bits per heavy atom. The van der Waals surface area contributed by atoms with E-state index in [1.54, 1.807) is 0 Å². The summed E-state index contributed by atoms with van der Waals surface area (Å²) in [5.74, 6) is 0. The van der Waals surface area contributed by atoms with Gasteiger partial charge in [0.2, 0.25) is 0 Å². The standard InChI is InChI=1S/C8H17NO3/c10-4-6-12-5-3-9-8(7-11)1-2-8/h9-11H,1-7H2. The normalized spacial score (nSPS) is 19.5. The molecule has 0 aromatic carbocycles. The van der Waals surface area contributed by atoms with Crippen LogP contribution in [0.25, 0.3) is 0 Å². The molecule has 0 saturated heterocycles. The van der Waals surface area contributed by atoms with Crippen LogP contribution in [0.5, 0.6) is 0 Å². The summed E-state index contributed by atoms with van der Waals surface area (Å²) in [5, 5.41) is 20.5. The van der Waals surface area contributed by atoms with Crippen LogP contribution in [0.4, 0.5) is 0 Å². The summed E-state index contributed by atoms with van der Waals surface area (Å²) in [4.78, 5) is 0. The molecule has 72 valence electrons. The van der Waals surface area contributed by atoms with E-state index in [9.17, 15) is 0 Å². The van der Waals surface area contributed by atoms with E-state index in [4.69, 9.17) is 14.9 Å². The predicted molar refractivity (Wildman–Crippen MR) is 45.0 cm³/mol. The van der Waals surface area contributed by atoms with Crippen LogP contribution in [-0.4, -0.2) is 48.7 Å². The Kier molecular flexibility index (Phi) is 3.94. The van der Waals surface area contributed by atoms with Gasteiger partial charge in [-0.25, -0.2) is 0 Å². The molecule has 1 saturated carbocycles. The average Bonchev–Trinajstić information content (AvgIpc) is 2.85. The summed E-state index contributed by atoms with van der Waals surface area (Å²) in [6.45, 7) is 2.04. The largest absolute Gasteiger partial charge is 0.394 e. The van der Waals surface area contributed by atoms with Crippen molar-refractivity contribution >= 4 is 0 Å².